The van der Waals surface area contributed by atoms with E-state index in [9.17, 15) is 0 Å². The van der Waals surface area contributed by atoms with E-state index in [0.29, 0.717) is 5.92 Å². The maximum Gasteiger partial charge on any atom is 0.123 e. The standard InChI is InChI=1S/C15H18O/c1-10(2)12-8-11-5-6-15-13(14(11)9-12)4-3-7-16-15/h5-6,9-10H,3-4,7-8H2,1-2H3. The molecule has 3 rings (SSSR count). The quantitative estimate of drug-likeness (QED) is 0.694. The van der Waals surface area contributed by atoms with Crippen molar-refractivity contribution in [2.45, 2.75) is 33.1 Å². The lowest BCUT2D eigenvalue weighted by molar-refractivity contribution is 0.288. The third-order valence-electron chi connectivity index (χ3n) is 3.70. The maximum absolute atomic E-state index is 5.72. The Hall–Kier alpha value is -1.24. The lowest BCUT2D eigenvalue weighted by Gasteiger charge is -2.19. The summed E-state index contributed by atoms with van der Waals surface area (Å²) in [6, 6.07) is 4.40. The van der Waals surface area contributed by atoms with Gasteiger partial charge in [0.1, 0.15) is 5.75 Å². The first-order chi connectivity index (χ1) is 7.75. The Bertz CT molecular complexity index is 455. The van der Waals surface area contributed by atoms with Gasteiger partial charge in [-0.25, -0.2) is 0 Å². The molecular weight excluding hydrogens is 196 g/mol. The van der Waals surface area contributed by atoms with Crippen LogP contribution in [0.25, 0.3) is 6.08 Å². The van der Waals surface area contributed by atoms with Crippen LogP contribution >= 0.6 is 0 Å². The van der Waals surface area contributed by atoms with Gasteiger partial charge in [-0.15, -0.1) is 0 Å². The molecular formula is C15H18O. The normalized spacial score (nSPS) is 17.8. The lowest BCUT2D eigenvalue weighted by Crippen LogP contribution is -2.09. The fraction of sp³-hybridized carbons (Fsp3) is 0.467. The molecule has 2 aliphatic rings. The summed E-state index contributed by atoms with van der Waals surface area (Å²) >= 11 is 0. The van der Waals surface area contributed by atoms with Crippen molar-refractivity contribution >= 4 is 6.08 Å². The lowest BCUT2D eigenvalue weighted by atomic mass is 9.97. The van der Waals surface area contributed by atoms with Crippen LogP contribution in [0.15, 0.2) is 17.7 Å². The van der Waals surface area contributed by atoms with Crippen molar-refractivity contribution < 1.29 is 4.74 Å². The number of hydrogen-bond donors (Lipinski definition) is 0. The molecule has 84 valence electrons. The summed E-state index contributed by atoms with van der Waals surface area (Å²) in [6.45, 7) is 5.44. The third-order valence-corrected chi connectivity index (χ3v) is 3.70. The van der Waals surface area contributed by atoms with E-state index in [2.05, 4.69) is 32.1 Å². The van der Waals surface area contributed by atoms with Crippen molar-refractivity contribution in [1.82, 2.24) is 0 Å². The van der Waals surface area contributed by atoms with Gasteiger partial charge in [0.05, 0.1) is 6.61 Å². The van der Waals surface area contributed by atoms with Crippen LogP contribution < -0.4 is 4.74 Å². The van der Waals surface area contributed by atoms with E-state index in [4.69, 9.17) is 4.74 Å². The van der Waals surface area contributed by atoms with Crippen molar-refractivity contribution in [2.75, 3.05) is 6.61 Å². The largest absolute Gasteiger partial charge is 0.493 e. The predicted octanol–water partition coefficient (Wildman–Crippen LogP) is 3.61. The zero-order valence-corrected chi connectivity index (χ0v) is 10.0. The second-order valence-electron chi connectivity index (χ2n) is 5.12. The molecule has 0 spiro atoms. The Balaban J connectivity index is 2.08. The van der Waals surface area contributed by atoms with Crippen molar-refractivity contribution in [3.8, 4) is 5.75 Å². The van der Waals surface area contributed by atoms with Crippen LogP contribution in [0.4, 0.5) is 0 Å². The van der Waals surface area contributed by atoms with Crippen molar-refractivity contribution in [3.63, 3.8) is 0 Å². The van der Waals surface area contributed by atoms with Crippen LogP contribution in [0.1, 0.15) is 37.0 Å². The van der Waals surface area contributed by atoms with E-state index in [0.717, 1.165) is 25.2 Å². The summed E-state index contributed by atoms with van der Waals surface area (Å²) in [6.07, 6.45) is 5.88. The molecule has 1 heteroatoms. The van der Waals surface area contributed by atoms with E-state index >= 15 is 0 Å². The molecule has 0 aromatic heterocycles. The first kappa shape index (κ1) is 9.95. The van der Waals surface area contributed by atoms with E-state index in [1.165, 1.54) is 23.1 Å². The summed E-state index contributed by atoms with van der Waals surface area (Å²) < 4.78 is 5.72. The van der Waals surface area contributed by atoms with Crippen LogP contribution in [0, 0.1) is 5.92 Å². The van der Waals surface area contributed by atoms with Gasteiger partial charge in [-0.2, -0.15) is 0 Å². The monoisotopic (exact) mass is 214 g/mol. The summed E-state index contributed by atoms with van der Waals surface area (Å²) in [5, 5.41) is 0. The second kappa shape index (κ2) is 3.65. The zero-order valence-electron chi connectivity index (χ0n) is 10.0. The summed E-state index contributed by atoms with van der Waals surface area (Å²) in [5.74, 6) is 1.78. The van der Waals surface area contributed by atoms with Gasteiger partial charge in [0, 0.05) is 5.56 Å². The summed E-state index contributed by atoms with van der Waals surface area (Å²) in [7, 11) is 0. The predicted molar refractivity (Wildman–Crippen MR) is 66.8 cm³/mol. The molecule has 0 fully saturated rings. The molecule has 1 aliphatic heterocycles. The maximum atomic E-state index is 5.72. The molecule has 0 amide bonds. The Labute approximate surface area is 97.1 Å². The molecule has 1 heterocycles. The Kier molecular flexibility index (Phi) is 2.27. The minimum absolute atomic E-state index is 0.660. The van der Waals surface area contributed by atoms with Crippen molar-refractivity contribution in [1.29, 1.82) is 0 Å². The van der Waals surface area contributed by atoms with E-state index in [-0.39, 0.29) is 0 Å². The molecule has 0 saturated carbocycles. The van der Waals surface area contributed by atoms with Crippen molar-refractivity contribution in [2.24, 2.45) is 5.92 Å². The third kappa shape index (κ3) is 1.46. The number of fused-ring (bicyclic) bond motifs is 3. The molecule has 0 unspecified atom stereocenters. The van der Waals surface area contributed by atoms with E-state index in [1.807, 2.05) is 0 Å². The Morgan fingerprint density at radius 1 is 1.25 bits per heavy atom. The molecule has 1 aromatic rings. The molecule has 0 atom stereocenters. The van der Waals surface area contributed by atoms with Crippen LogP contribution in [0.3, 0.4) is 0 Å². The molecule has 1 nitrogen and oxygen atoms in total. The fourth-order valence-electron chi connectivity index (χ4n) is 2.68. The molecule has 0 radical (unpaired) electrons. The molecule has 1 aliphatic carbocycles. The van der Waals surface area contributed by atoms with Crippen LogP contribution in [0.5, 0.6) is 5.75 Å². The van der Waals surface area contributed by atoms with E-state index in [1.54, 1.807) is 5.57 Å². The highest BCUT2D eigenvalue weighted by Gasteiger charge is 2.21. The average Bonchev–Trinajstić information content (AvgIpc) is 2.73. The first-order valence-corrected chi connectivity index (χ1v) is 6.23. The molecule has 0 bridgehead atoms. The topological polar surface area (TPSA) is 9.23 Å². The SMILES string of the molecule is CC(C)C1=Cc2c(ccc3c2CCCO3)C1. The summed E-state index contributed by atoms with van der Waals surface area (Å²) in [4.78, 5) is 0. The van der Waals surface area contributed by atoms with Crippen molar-refractivity contribution in [3.05, 3.63) is 34.4 Å². The Morgan fingerprint density at radius 3 is 2.94 bits per heavy atom. The van der Waals surface area contributed by atoms with Gasteiger partial charge in [-0.3, -0.25) is 0 Å². The Morgan fingerprint density at radius 2 is 2.12 bits per heavy atom. The summed E-state index contributed by atoms with van der Waals surface area (Å²) in [5.41, 5.74) is 5.96. The van der Waals surface area contributed by atoms with Gasteiger partial charge in [-0.05, 0) is 42.4 Å². The van der Waals surface area contributed by atoms with Gasteiger partial charge in [0.2, 0.25) is 0 Å². The second-order valence-corrected chi connectivity index (χ2v) is 5.12. The average molecular weight is 214 g/mol. The molecule has 1 aromatic carbocycles. The minimum atomic E-state index is 0.660. The zero-order chi connectivity index (χ0) is 11.1. The smallest absolute Gasteiger partial charge is 0.123 e. The minimum Gasteiger partial charge on any atom is -0.493 e. The van der Waals surface area contributed by atoms with Crippen LogP contribution in [0.2, 0.25) is 0 Å². The molecule has 16 heavy (non-hydrogen) atoms. The van der Waals surface area contributed by atoms with Crippen LogP contribution in [-0.2, 0) is 12.8 Å². The first-order valence-electron chi connectivity index (χ1n) is 6.23. The highest BCUT2D eigenvalue weighted by molar-refractivity contribution is 5.69. The van der Waals surface area contributed by atoms with Crippen LogP contribution in [-0.4, -0.2) is 6.61 Å². The number of hydrogen-bond acceptors (Lipinski definition) is 1. The highest BCUT2D eigenvalue weighted by Crippen LogP contribution is 2.37. The van der Waals surface area contributed by atoms with Gasteiger partial charge in [-0.1, -0.05) is 31.6 Å². The highest BCUT2D eigenvalue weighted by atomic mass is 16.5. The van der Waals surface area contributed by atoms with Gasteiger partial charge >= 0.3 is 0 Å². The molecule has 0 N–H and O–H groups in total. The number of rotatable bonds is 1. The fourth-order valence-corrected chi connectivity index (χ4v) is 2.68. The van der Waals surface area contributed by atoms with E-state index < -0.39 is 0 Å². The number of benzene rings is 1. The van der Waals surface area contributed by atoms with Gasteiger partial charge in [0.25, 0.3) is 0 Å². The molecule has 0 saturated heterocycles. The number of allylic oxidation sites excluding steroid dienone is 1. The number of ether oxygens (including phenoxy) is 1. The van der Waals surface area contributed by atoms with Gasteiger partial charge in [0.15, 0.2) is 0 Å². The van der Waals surface area contributed by atoms with Gasteiger partial charge < -0.3 is 4.74 Å².